The van der Waals surface area contributed by atoms with Crippen molar-refractivity contribution in [3.63, 3.8) is 0 Å². The van der Waals surface area contributed by atoms with E-state index in [-0.39, 0.29) is 6.42 Å². The lowest BCUT2D eigenvalue weighted by molar-refractivity contribution is -0.298. The Labute approximate surface area is 350 Å². The minimum atomic E-state index is -5.12. The van der Waals surface area contributed by atoms with E-state index in [4.69, 9.17) is 14.0 Å². The molecule has 0 aromatic rings. The second-order valence-electron chi connectivity index (χ2n) is 15.8. The molecule has 14 heteroatoms. The van der Waals surface area contributed by atoms with Crippen molar-refractivity contribution in [2.75, 3.05) is 13.2 Å². The third-order valence-electron chi connectivity index (χ3n) is 10.5. The summed E-state index contributed by atoms with van der Waals surface area (Å²) in [6.07, 6.45) is 28.0. The van der Waals surface area contributed by atoms with Crippen LogP contribution in [-0.4, -0.2) is 107 Å². The van der Waals surface area contributed by atoms with Crippen LogP contribution in [0, 0.1) is 0 Å². The zero-order valence-corrected chi connectivity index (χ0v) is 36.5. The highest BCUT2D eigenvalue weighted by atomic mass is 32.3. The predicted octanol–water partition coefficient (Wildman–Crippen LogP) is 7.30. The fraction of sp³-hybridized carbons (Fsp3) is 0.841. The van der Waals surface area contributed by atoms with E-state index in [0.717, 1.165) is 44.9 Å². The molecule has 0 saturated carbocycles. The number of aliphatic hydroxyl groups excluding tert-OH is 5. The van der Waals surface area contributed by atoms with Gasteiger partial charge in [0.05, 0.1) is 25.4 Å². The number of aliphatic hydroxyl groups is 5. The number of unbranched alkanes of at least 4 members (excludes halogenated alkanes) is 20. The van der Waals surface area contributed by atoms with Crippen molar-refractivity contribution in [3.8, 4) is 0 Å². The molecule has 8 atom stereocenters. The van der Waals surface area contributed by atoms with E-state index < -0.39 is 78.5 Å². The Morgan fingerprint density at radius 1 is 0.690 bits per heavy atom. The minimum Gasteiger partial charge on any atom is -0.394 e. The van der Waals surface area contributed by atoms with E-state index in [1.165, 1.54) is 102 Å². The van der Waals surface area contributed by atoms with Gasteiger partial charge in [-0.25, -0.2) is 4.18 Å². The van der Waals surface area contributed by atoms with Crippen molar-refractivity contribution in [1.82, 2.24) is 5.32 Å². The quantitative estimate of drug-likeness (QED) is 0.0187. The summed E-state index contributed by atoms with van der Waals surface area (Å²) in [7, 11) is -5.12. The average Bonchev–Trinajstić information content (AvgIpc) is 3.19. The van der Waals surface area contributed by atoms with Crippen molar-refractivity contribution < 1.29 is 57.0 Å². The van der Waals surface area contributed by atoms with E-state index in [2.05, 4.69) is 47.7 Å². The fourth-order valence-electron chi connectivity index (χ4n) is 6.90. The number of carbonyl (C=O) groups is 1. The molecule has 0 radical (unpaired) electrons. The molecule has 0 bridgehead atoms. The van der Waals surface area contributed by atoms with Crippen LogP contribution in [0.1, 0.15) is 174 Å². The molecule has 0 aromatic heterocycles. The molecule has 1 saturated heterocycles. The molecular weight excluding hydrogens is 767 g/mol. The van der Waals surface area contributed by atoms with Gasteiger partial charge in [-0.05, 0) is 44.9 Å². The highest BCUT2D eigenvalue weighted by Gasteiger charge is 2.48. The average molecular weight is 848 g/mol. The molecule has 1 fully saturated rings. The molecule has 8 unspecified atom stereocenters. The predicted molar refractivity (Wildman–Crippen MR) is 228 cm³/mol. The van der Waals surface area contributed by atoms with Crippen LogP contribution in [0.5, 0.6) is 0 Å². The van der Waals surface area contributed by atoms with Crippen LogP contribution in [-0.2, 0) is 28.9 Å². The minimum absolute atomic E-state index is 0.236. The van der Waals surface area contributed by atoms with E-state index >= 15 is 0 Å². The molecule has 0 spiro atoms. The van der Waals surface area contributed by atoms with Gasteiger partial charge in [-0.15, -0.1) is 0 Å². The topological polar surface area (TPSA) is 212 Å². The van der Waals surface area contributed by atoms with E-state index in [1.807, 2.05) is 0 Å². The molecule has 1 amide bonds. The van der Waals surface area contributed by atoms with E-state index in [0.29, 0.717) is 12.8 Å². The van der Waals surface area contributed by atoms with E-state index in [9.17, 15) is 38.7 Å². The normalized spacial score (nSPS) is 22.0. The summed E-state index contributed by atoms with van der Waals surface area (Å²) < 4.78 is 47.4. The largest absolute Gasteiger partial charge is 0.397 e. The Morgan fingerprint density at radius 3 is 1.66 bits per heavy atom. The molecule has 1 rings (SSSR count). The lowest BCUT2D eigenvalue weighted by Gasteiger charge is -2.41. The SMILES string of the molecule is CCCCCCCC/C=C/CC/C=C/CC/C=C/C(O)C(COC1OC(CO)C(O)C(OS(=O)(=O)O)C1O)NC(=O)C(O)CCCCCCCCCCCCCCC. The van der Waals surface area contributed by atoms with Gasteiger partial charge in [0, 0.05) is 0 Å². The number of hydrogen-bond donors (Lipinski definition) is 7. The van der Waals surface area contributed by atoms with Crippen LogP contribution in [0.15, 0.2) is 36.5 Å². The number of ether oxygens (including phenoxy) is 2. The standard InChI is InChI=1S/C44H81NO12S/c1-3-5-7-9-11-13-15-17-18-19-21-22-24-26-28-30-32-37(47)36(35-55-44-41(50)42(57-58(52,53)54)40(49)39(34-46)56-44)45-43(51)38(48)33-31-29-27-25-23-20-16-14-12-10-8-6-4-2/h17-18,22,24,30,32,36-42,44,46-50H,3-16,19-21,23,25-29,31,33-35H2,1-2H3,(H,45,51)(H,52,53,54)/b18-17+,24-22+,32-30+. The van der Waals surface area contributed by atoms with Gasteiger partial charge in [0.2, 0.25) is 5.91 Å². The molecule has 0 aromatic carbocycles. The highest BCUT2D eigenvalue weighted by Crippen LogP contribution is 2.26. The monoisotopic (exact) mass is 848 g/mol. The molecule has 1 aliphatic rings. The first kappa shape index (κ1) is 54.3. The summed E-state index contributed by atoms with van der Waals surface area (Å²) in [5.41, 5.74) is 0. The number of hydrogen-bond acceptors (Lipinski definition) is 11. The zero-order chi connectivity index (χ0) is 42.9. The van der Waals surface area contributed by atoms with Crippen LogP contribution < -0.4 is 5.32 Å². The summed E-state index contributed by atoms with van der Waals surface area (Å²) in [6.45, 7) is 3.17. The van der Waals surface area contributed by atoms with Crippen molar-refractivity contribution >= 4 is 16.3 Å². The summed E-state index contributed by atoms with van der Waals surface area (Å²) in [5, 5.41) is 55.1. The van der Waals surface area contributed by atoms with Crippen LogP contribution in [0.3, 0.4) is 0 Å². The molecule has 1 heterocycles. The van der Waals surface area contributed by atoms with Crippen molar-refractivity contribution in [3.05, 3.63) is 36.5 Å². The molecule has 13 nitrogen and oxygen atoms in total. The molecule has 7 N–H and O–H groups in total. The Hall–Kier alpha value is -1.72. The van der Waals surface area contributed by atoms with Gasteiger partial charge in [-0.3, -0.25) is 9.35 Å². The van der Waals surface area contributed by atoms with E-state index in [1.54, 1.807) is 6.08 Å². The summed E-state index contributed by atoms with van der Waals surface area (Å²) in [5.74, 6) is -0.717. The molecule has 1 aliphatic heterocycles. The van der Waals surface area contributed by atoms with Gasteiger partial charge < -0.3 is 40.3 Å². The van der Waals surface area contributed by atoms with Gasteiger partial charge in [0.15, 0.2) is 6.29 Å². The second kappa shape index (κ2) is 34.9. The number of nitrogens with one attached hydrogen (secondary N) is 1. The van der Waals surface area contributed by atoms with Crippen LogP contribution in [0.2, 0.25) is 0 Å². The molecule has 0 aliphatic carbocycles. The van der Waals surface area contributed by atoms with Gasteiger partial charge >= 0.3 is 10.4 Å². The summed E-state index contributed by atoms with van der Waals surface area (Å²) in [4.78, 5) is 13.1. The fourth-order valence-corrected chi connectivity index (χ4v) is 7.41. The van der Waals surface area contributed by atoms with Gasteiger partial charge in [-0.2, -0.15) is 8.42 Å². The lowest BCUT2D eigenvalue weighted by Crippen LogP contribution is -2.61. The number of amides is 1. The van der Waals surface area contributed by atoms with Crippen molar-refractivity contribution in [2.24, 2.45) is 0 Å². The first-order valence-corrected chi connectivity index (χ1v) is 23.8. The van der Waals surface area contributed by atoms with Crippen LogP contribution >= 0.6 is 0 Å². The molecular formula is C44H81NO12S. The maximum Gasteiger partial charge on any atom is 0.397 e. The Bertz CT molecular complexity index is 1200. The zero-order valence-electron chi connectivity index (χ0n) is 35.7. The van der Waals surface area contributed by atoms with Crippen LogP contribution in [0.25, 0.3) is 0 Å². The maximum absolute atomic E-state index is 13.1. The lowest BCUT2D eigenvalue weighted by atomic mass is 9.99. The number of rotatable bonds is 37. The highest BCUT2D eigenvalue weighted by molar-refractivity contribution is 7.80. The van der Waals surface area contributed by atoms with Crippen molar-refractivity contribution in [1.29, 1.82) is 0 Å². The molecule has 58 heavy (non-hydrogen) atoms. The maximum atomic E-state index is 13.1. The number of allylic oxidation sites excluding steroid dienone is 5. The van der Waals surface area contributed by atoms with Crippen molar-refractivity contribution in [2.45, 2.75) is 223 Å². The Balaban J connectivity index is 2.66. The summed E-state index contributed by atoms with van der Waals surface area (Å²) >= 11 is 0. The van der Waals surface area contributed by atoms with Gasteiger partial charge in [0.25, 0.3) is 0 Å². The number of carbonyl (C=O) groups excluding carboxylic acids is 1. The summed E-state index contributed by atoms with van der Waals surface area (Å²) in [6, 6.07) is -1.14. The first-order chi connectivity index (χ1) is 27.9. The third-order valence-corrected chi connectivity index (χ3v) is 11.0. The Morgan fingerprint density at radius 2 is 1.16 bits per heavy atom. The van der Waals surface area contributed by atoms with Gasteiger partial charge in [0.1, 0.15) is 30.5 Å². The third kappa shape index (κ3) is 27.2. The van der Waals surface area contributed by atoms with Crippen LogP contribution in [0.4, 0.5) is 0 Å². The molecule has 340 valence electrons. The smallest absolute Gasteiger partial charge is 0.394 e. The Kier molecular flexibility index (Phi) is 32.7. The first-order valence-electron chi connectivity index (χ1n) is 22.5. The second-order valence-corrected chi connectivity index (χ2v) is 16.8. The van der Waals surface area contributed by atoms with Gasteiger partial charge in [-0.1, -0.05) is 166 Å².